The van der Waals surface area contributed by atoms with Gasteiger partial charge in [-0.05, 0) is 30.5 Å². The summed E-state index contributed by atoms with van der Waals surface area (Å²) in [4.78, 5) is 11.8. The number of nitrogens with one attached hydrogen (secondary N) is 1. The lowest BCUT2D eigenvalue weighted by Crippen LogP contribution is -2.31. The molecule has 0 saturated carbocycles. The van der Waals surface area contributed by atoms with Crippen LogP contribution in [0.1, 0.15) is 44.7 Å². The minimum absolute atomic E-state index is 0.0501. The Kier molecular flexibility index (Phi) is 7.75. The van der Waals surface area contributed by atoms with Crippen LogP contribution < -0.4 is 5.32 Å². The first-order chi connectivity index (χ1) is 9.17. The molecule has 0 aliphatic heterocycles. The molecule has 0 heterocycles. The van der Waals surface area contributed by atoms with E-state index in [9.17, 15) is 4.79 Å². The highest BCUT2D eigenvalue weighted by Crippen LogP contribution is 2.19. The average Bonchev–Trinajstić information content (AvgIpc) is 2.42. The number of ether oxygens (including phenoxy) is 1. The summed E-state index contributed by atoms with van der Waals surface area (Å²) in [6.45, 7) is 4.96. The number of halogens is 1. The van der Waals surface area contributed by atoms with Gasteiger partial charge < -0.3 is 10.1 Å². The zero-order valence-corrected chi connectivity index (χ0v) is 13.2. The fourth-order valence-electron chi connectivity index (χ4n) is 1.76. The zero-order chi connectivity index (χ0) is 14.1. The maximum absolute atomic E-state index is 11.8. The van der Waals surface area contributed by atoms with E-state index in [2.05, 4.69) is 35.1 Å². The van der Waals surface area contributed by atoms with Gasteiger partial charge in [-0.25, -0.2) is 0 Å². The molecule has 1 amide bonds. The fourth-order valence-corrected chi connectivity index (χ4v) is 2.03. The van der Waals surface area contributed by atoms with Gasteiger partial charge in [-0.3, -0.25) is 4.79 Å². The van der Waals surface area contributed by atoms with Gasteiger partial charge in [0.05, 0.1) is 6.04 Å². The Morgan fingerprint density at radius 1 is 1.32 bits per heavy atom. The number of benzene rings is 1. The molecule has 0 saturated heterocycles. The molecule has 0 aromatic heterocycles. The van der Waals surface area contributed by atoms with Crippen molar-refractivity contribution < 1.29 is 9.53 Å². The standard InChI is InChI=1S/C15H22BrNO2/c1-3-5-10-19-11-15(18)17-14(4-2)12-6-8-13(16)9-7-12/h6-9,14H,3-5,10-11H2,1-2H3,(H,17,18). The summed E-state index contributed by atoms with van der Waals surface area (Å²) >= 11 is 3.41. The zero-order valence-electron chi connectivity index (χ0n) is 11.6. The van der Waals surface area contributed by atoms with Crippen LogP contribution in [0.5, 0.6) is 0 Å². The summed E-state index contributed by atoms with van der Waals surface area (Å²) in [7, 11) is 0. The predicted molar refractivity (Wildman–Crippen MR) is 81.0 cm³/mol. The highest BCUT2D eigenvalue weighted by Gasteiger charge is 2.12. The molecule has 0 fully saturated rings. The molecule has 0 spiro atoms. The molecule has 1 aromatic carbocycles. The van der Waals surface area contributed by atoms with Crippen molar-refractivity contribution in [2.45, 2.75) is 39.2 Å². The molecule has 106 valence electrons. The molecule has 1 N–H and O–H groups in total. The Hall–Kier alpha value is -0.870. The van der Waals surface area contributed by atoms with Gasteiger partial charge in [0.2, 0.25) is 5.91 Å². The minimum atomic E-state index is -0.0501. The van der Waals surface area contributed by atoms with Gasteiger partial charge in [0.15, 0.2) is 0 Å². The quantitative estimate of drug-likeness (QED) is 0.737. The molecule has 19 heavy (non-hydrogen) atoms. The normalized spacial score (nSPS) is 12.2. The first-order valence-electron chi connectivity index (χ1n) is 6.80. The Balaban J connectivity index is 2.43. The van der Waals surface area contributed by atoms with E-state index in [1.807, 2.05) is 24.3 Å². The van der Waals surface area contributed by atoms with E-state index in [4.69, 9.17) is 4.74 Å². The van der Waals surface area contributed by atoms with E-state index in [1.165, 1.54) is 0 Å². The second kappa shape index (κ2) is 9.10. The van der Waals surface area contributed by atoms with Gasteiger partial charge in [-0.2, -0.15) is 0 Å². The first kappa shape index (κ1) is 16.2. The molecule has 1 aromatic rings. The SMILES string of the molecule is CCCCOCC(=O)NC(CC)c1ccc(Br)cc1. The molecule has 0 aliphatic carbocycles. The van der Waals surface area contributed by atoms with E-state index in [-0.39, 0.29) is 18.6 Å². The van der Waals surface area contributed by atoms with Crippen LogP contribution in [0.2, 0.25) is 0 Å². The number of amides is 1. The average molecular weight is 328 g/mol. The van der Waals surface area contributed by atoms with E-state index in [0.29, 0.717) is 6.61 Å². The third-order valence-corrected chi connectivity index (χ3v) is 3.42. The van der Waals surface area contributed by atoms with E-state index in [1.54, 1.807) is 0 Å². The van der Waals surface area contributed by atoms with Crippen LogP contribution >= 0.6 is 15.9 Å². The van der Waals surface area contributed by atoms with Gasteiger partial charge >= 0.3 is 0 Å². The topological polar surface area (TPSA) is 38.3 Å². The third kappa shape index (κ3) is 6.21. The highest BCUT2D eigenvalue weighted by atomic mass is 79.9. The van der Waals surface area contributed by atoms with Crippen LogP contribution in [0.25, 0.3) is 0 Å². The van der Waals surface area contributed by atoms with Crippen molar-refractivity contribution in [1.82, 2.24) is 5.32 Å². The van der Waals surface area contributed by atoms with E-state index >= 15 is 0 Å². The van der Waals surface area contributed by atoms with Crippen molar-refractivity contribution in [2.24, 2.45) is 0 Å². The highest BCUT2D eigenvalue weighted by molar-refractivity contribution is 9.10. The maximum atomic E-state index is 11.8. The molecule has 0 radical (unpaired) electrons. The number of hydrogen-bond donors (Lipinski definition) is 1. The lowest BCUT2D eigenvalue weighted by atomic mass is 10.0. The summed E-state index contributed by atoms with van der Waals surface area (Å²) < 4.78 is 6.36. The van der Waals surface area contributed by atoms with Crippen molar-refractivity contribution in [3.8, 4) is 0 Å². The maximum Gasteiger partial charge on any atom is 0.246 e. The summed E-state index contributed by atoms with van der Waals surface area (Å²) in [5.41, 5.74) is 1.12. The number of carbonyl (C=O) groups excluding carboxylic acids is 1. The Morgan fingerprint density at radius 2 is 2.00 bits per heavy atom. The van der Waals surface area contributed by atoms with E-state index in [0.717, 1.165) is 29.3 Å². The molecule has 1 atom stereocenters. The van der Waals surface area contributed by atoms with E-state index < -0.39 is 0 Å². The molecule has 0 bridgehead atoms. The van der Waals surface area contributed by atoms with Crippen LogP contribution in [-0.2, 0) is 9.53 Å². The van der Waals surface area contributed by atoms with Gasteiger partial charge in [0.25, 0.3) is 0 Å². The number of unbranched alkanes of at least 4 members (excludes halogenated alkanes) is 1. The number of hydrogen-bond acceptors (Lipinski definition) is 2. The largest absolute Gasteiger partial charge is 0.372 e. The summed E-state index contributed by atoms with van der Waals surface area (Å²) in [6.07, 6.45) is 2.94. The van der Waals surface area contributed by atoms with Crippen molar-refractivity contribution >= 4 is 21.8 Å². The van der Waals surface area contributed by atoms with Gasteiger partial charge in [0.1, 0.15) is 6.61 Å². The van der Waals surface area contributed by atoms with Crippen LogP contribution in [0.15, 0.2) is 28.7 Å². The second-order valence-corrected chi connectivity index (χ2v) is 5.40. The van der Waals surface area contributed by atoms with Gasteiger partial charge in [-0.1, -0.05) is 48.3 Å². The molecular formula is C15H22BrNO2. The Bertz CT molecular complexity index is 378. The Morgan fingerprint density at radius 3 is 2.58 bits per heavy atom. The number of rotatable bonds is 8. The lowest BCUT2D eigenvalue weighted by molar-refractivity contribution is -0.126. The summed E-state index contributed by atoms with van der Waals surface area (Å²) in [5, 5.41) is 3.00. The number of carbonyl (C=O) groups is 1. The van der Waals surface area contributed by atoms with Gasteiger partial charge in [-0.15, -0.1) is 0 Å². The molecule has 1 unspecified atom stereocenters. The molecular weight excluding hydrogens is 306 g/mol. The Labute approximate surface area is 123 Å². The molecule has 4 heteroatoms. The van der Waals surface area contributed by atoms with Gasteiger partial charge in [0, 0.05) is 11.1 Å². The minimum Gasteiger partial charge on any atom is -0.372 e. The summed E-state index contributed by atoms with van der Waals surface area (Å²) in [5.74, 6) is -0.0501. The fraction of sp³-hybridized carbons (Fsp3) is 0.533. The smallest absolute Gasteiger partial charge is 0.246 e. The molecule has 3 nitrogen and oxygen atoms in total. The lowest BCUT2D eigenvalue weighted by Gasteiger charge is -2.17. The first-order valence-corrected chi connectivity index (χ1v) is 7.59. The molecule has 1 rings (SSSR count). The second-order valence-electron chi connectivity index (χ2n) is 4.49. The third-order valence-electron chi connectivity index (χ3n) is 2.89. The predicted octanol–water partition coefficient (Wildman–Crippen LogP) is 3.83. The van der Waals surface area contributed by atoms with Crippen LogP contribution in [-0.4, -0.2) is 19.1 Å². The van der Waals surface area contributed by atoms with Crippen molar-refractivity contribution in [3.63, 3.8) is 0 Å². The van der Waals surface area contributed by atoms with Crippen LogP contribution in [0.4, 0.5) is 0 Å². The summed E-state index contributed by atoms with van der Waals surface area (Å²) in [6, 6.07) is 8.08. The van der Waals surface area contributed by atoms with Crippen molar-refractivity contribution in [1.29, 1.82) is 0 Å². The van der Waals surface area contributed by atoms with Crippen LogP contribution in [0, 0.1) is 0 Å². The van der Waals surface area contributed by atoms with Crippen LogP contribution in [0.3, 0.4) is 0 Å². The van der Waals surface area contributed by atoms with Crippen molar-refractivity contribution in [2.75, 3.05) is 13.2 Å². The monoisotopic (exact) mass is 327 g/mol. The molecule has 0 aliphatic rings. The van der Waals surface area contributed by atoms with Crippen molar-refractivity contribution in [3.05, 3.63) is 34.3 Å².